The van der Waals surface area contributed by atoms with Crippen LogP contribution in [0, 0.1) is 12.7 Å². The second-order valence-electron chi connectivity index (χ2n) is 5.42. The van der Waals surface area contributed by atoms with E-state index >= 15 is 0 Å². The Morgan fingerprint density at radius 2 is 1.58 bits per heavy atom. The van der Waals surface area contributed by atoms with Gasteiger partial charge >= 0.3 is 6.18 Å². The van der Waals surface area contributed by atoms with E-state index in [1.165, 1.54) is 24.3 Å². The van der Waals surface area contributed by atoms with E-state index in [0.717, 1.165) is 17.7 Å². The lowest BCUT2D eigenvalue weighted by Crippen LogP contribution is -2.57. The fraction of sp³-hybridized carbons (Fsp3) is 0.176. The van der Waals surface area contributed by atoms with E-state index in [9.17, 15) is 22.4 Å². The van der Waals surface area contributed by atoms with Crippen molar-refractivity contribution in [1.82, 2.24) is 10.6 Å². The number of halogens is 4. The van der Waals surface area contributed by atoms with Gasteiger partial charge in [0.15, 0.2) is 11.3 Å². The largest absolute Gasteiger partial charge is 0.427 e. The van der Waals surface area contributed by atoms with Crippen molar-refractivity contribution in [3.63, 3.8) is 0 Å². The summed E-state index contributed by atoms with van der Waals surface area (Å²) in [6.45, 7) is 1.79. The van der Waals surface area contributed by atoms with Gasteiger partial charge < -0.3 is 16.0 Å². The Hall–Kier alpha value is -2.68. The first-order chi connectivity index (χ1) is 12.1. The van der Waals surface area contributed by atoms with Crippen molar-refractivity contribution in [2.75, 3.05) is 5.32 Å². The lowest BCUT2D eigenvalue weighted by Gasteiger charge is -2.24. The summed E-state index contributed by atoms with van der Waals surface area (Å²) in [5, 5.41) is 5.98. The fourth-order valence-corrected chi connectivity index (χ4v) is 2.19. The molecule has 0 fully saturated rings. The predicted octanol–water partition coefficient (Wildman–Crippen LogP) is 3.74. The number of carbonyl (C=O) groups is 1. The van der Waals surface area contributed by atoms with Gasteiger partial charge in [-0.1, -0.05) is 17.7 Å². The Kier molecular flexibility index (Phi) is 6.14. The molecule has 2 aromatic carbocycles. The van der Waals surface area contributed by atoms with Gasteiger partial charge in [0.2, 0.25) is 0 Å². The van der Waals surface area contributed by atoms with Crippen molar-refractivity contribution in [1.29, 1.82) is 0 Å². The molecule has 0 radical (unpaired) electrons. The molecule has 138 valence electrons. The van der Waals surface area contributed by atoms with Gasteiger partial charge in [0, 0.05) is 11.3 Å². The molecule has 0 heterocycles. The highest BCUT2D eigenvalue weighted by Gasteiger charge is 2.41. The molecule has 3 N–H and O–H groups in total. The predicted molar refractivity (Wildman–Crippen MR) is 94.2 cm³/mol. The van der Waals surface area contributed by atoms with E-state index < -0.39 is 24.1 Å². The molecule has 0 saturated heterocycles. The van der Waals surface area contributed by atoms with Gasteiger partial charge in [-0.2, -0.15) is 13.2 Å². The summed E-state index contributed by atoms with van der Waals surface area (Å²) in [7, 11) is 0. The number of hydrogen-bond donors (Lipinski definition) is 3. The minimum Gasteiger partial charge on any atom is -0.335 e. The van der Waals surface area contributed by atoms with E-state index in [0.29, 0.717) is 5.69 Å². The molecule has 0 spiro atoms. The zero-order valence-corrected chi connectivity index (χ0v) is 14.3. The number of anilines is 1. The van der Waals surface area contributed by atoms with Crippen LogP contribution >= 0.6 is 12.2 Å². The van der Waals surface area contributed by atoms with Crippen molar-refractivity contribution >= 4 is 28.9 Å². The summed E-state index contributed by atoms with van der Waals surface area (Å²) in [6.07, 6.45) is -7.17. The highest BCUT2D eigenvalue weighted by atomic mass is 32.1. The number of carbonyl (C=O) groups excluding carboxylic acids is 1. The number of rotatable bonds is 4. The number of alkyl halides is 3. The van der Waals surface area contributed by atoms with Crippen molar-refractivity contribution in [3.8, 4) is 0 Å². The number of amides is 1. The Labute approximate surface area is 152 Å². The van der Waals surface area contributed by atoms with Crippen molar-refractivity contribution in [2.45, 2.75) is 19.3 Å². The van der Waals surface area contributed by atoms with Gasteiger partial charge in [-0.05, 0) is 55.5 Å². The Balaban J connectivity index is 2.04. The molecule has 0 unspecified atom stereocenters. The van der Waals surface area contributed by atoms with Crippen LogP contribution in [0.25, 0.3) is 0 Å². The maximum absolute atomic E-state index is 13.2. The zero-order chi connectivity index (χ0) is 19.3. The minimum absolute atomic E-state index is 0.0871. The highest BCUT2D eigenvalue weighted by Crippen LogP contribution is 2.19. The molecular weight excluding hydrogens is 370 g/mol. The topological polar surface area (TPSA) is 53.2 Å². The van der Waals surface area contributed by atoms with Crippen molar-refractivity contribution in [3.05, 3.63) is 65.5 Å². The van der Waals surface area contributed by atoms with Gasteiger partial charge in [-0.15, -0.1) is 0 Å². The van der Waals surface area contributed by atoms with E-state index in [4.69, 9.17) is 12.2 Å². The second kappa shape index (κ2) is 8.13. The molecule has 0 bridgehead atoms. The monoisotopic (exact) mass is 385 g/mol. The van der Waals surface area contributed by atoms with E-state index in [1.54, 1.807) is 19.1 Å². The molecular formula is C17H15F4N3OS. The third kappa shape index (κ3) is 5.69. The maximum Gasteiger partial charge on any atom is 0.427 e. The molecule has 4 nitrogen and oxygen atoms in total. The molecule has 1 atom stereocenters. The van der Waals surface area contributed by atoms with Crippen molar-refractivity contribution < 1.29 is 22.4 Å². The molecule has 0 saturated carbocycles. The minimum atomic E-state index is -4.78. The summed E-state index contributed by atoms with van der Waals surface area (Å²) in [6, 6.07) is 11.0. The van der Waals surface area contributed by atoms with Crippen LogP contribution in [-0.4, -0.2) is 23.4 Å². The second-order valence-corrected chi connectivity index (χ2v) is 5.83. The SMILES string of the molecule is Cc1ccc(C(=O)N[C@H](NC(=S)Nc2ccc(F)cc2)C(F)(F)F)cc1. The highest BCUT2D eigenvalue weighted by molar-refractivity contribution is 7.80. The van der Waals surface area contributed by atoms with E-state index in [-0.39, 0.29) is 10.7 Å². The van der Waals surface area contributed by atoms with Crippen LogP contribution in [0.15, 0.2) is 48.5 Å². The lowest BCUT2D eigenvalue weighted by atomic mass is 10.1. The number of nitrogens with one attached hydrogen (secondary N) is 3. The molecule has 26 heavy (non-hydrogen) atoms. The van der Waals surface area contributed by atoms with Crippen LogP contribution in [0.3, 0.4) is 0 Å². The first-order valence-corrected chi connectivity index (χ1v) is 7.83. The summed E-state index contributed by atoms with van der Waals surface area (Å²) in [5.74, 6) is -1.39. The van der Waals surface area contributed by atoms with Crippen molar-refractivity contribution in [2.24, 2.45) is 0 Å². The number of benzene rings is 2. The molecule has 0 aliphatic heterocycles. The van der Waals surface area contributed by atoms with Gasteiger partial charge in [0.1, 0.15) is 5.82 Å². The smallest absolute Gasteiger partial charge is 0.335 e. The Morgan fingerprint density at radius 1 is 1.00 bits per heavy atom. The van der Waals surface area contributed by atoms with Crippen LogP contribution in [0.1, 0.15) is 15.9 Å². The van der Waals surface area contributed by atoms with E-state index in [2.05, 4.69) is 5.32 Å². The first kappa shape index (κ1) is 19.6. The lowest BCUT2D eigenvalue weighted by molar-refractivity contribution is -0.156. The van der Waals surface area contributed by atoms with Crippen LogP contribution in [-0.2, 0) is 0 Å². The average Bonchev–Trinajstić information content (AvgIpc) is 2.56. The molecule has 9 heteroatoms. The van der Waals surface area contributed by atoms with Gasteiger partial charge in [-0.3, -0.25) is 4.79 Å². The average molecular weight is 385 g/mol. The van der Waals surface area contributed by atoms with Crippen LogP contribution in [0.5, 0.6) is 0 Å². The molecule has 2 aromatic rings. The molecule has 0 aliphatic carbocycles. The number of hydrogen-bond acceptors (Lipinski definition) is 2. The summed E-state index contributed by atoms with van der Waals surface area (Å²) >= 11 is 4.83. The van der Waals surface area contributed by atoms with E-state index in [1.807, 2.05) is 10.6 Å². The molecule has 0 aromatic heterocycles. The fourth-order valence-electron chi connectivity index (χ4n) is 1.95. The normalized spacial score (nSPS) is 12.2. The van der Waals surface area contributed by atoms with Crippen LogP contribution in [0.4, 0.5) is 23.2 Å². The number of thiocarbonyl (C=S) groups is 1. The van der Waals surface area contributed by atoms with Gasteiger partial charge in [-0.25, -0.2) is 4.39 Å². The summed E-state index contributed by atoms with van der Waals surface area (Å²) in [5.41, 5.74) is 1.26. The summed E-state index contributed by atoms with van der Waals surface area (Å²) < 4.78 is 52.4. The number of aryl methyl sites for hydroxylation is 1. The quantitative estimate of drug-likeness (QED) is 0.426. The maximum atomic E-state index is 13.2. The Morgan fingerprint density at radius 3 is 2.12 bits per heavy atom. The van der Waals surface area contributed by atoms with Gasteiger partial charge in [0.05, 0.1) is 0 Å². The van der Waals surface area contributed by atoms with Gasteiger partial charge in [0.25, 0.3) is 5.91 Å². The molecule has 0 aliphatic rings. The standard InChI is InChI=1S/C17H15F4N3OS/c1-10-2-4-11(5-3-10)14(25)23-15(17(19,20)21)24-16(26)22-13-8-6-12(18)7-9-13/h2-9,15H,1H3,(H,23,25)(H2,22,24,26)/t15-/m1/s1. The van der Waals surface area contributed by atoms with Crippen LogP contribution in [0.2, 0.25) is 0 Å². The third-order valence-electron chi connectivity index (χ3n) is 3.29. The summed E-state index contributed by atoms with van der Waals surface area (Å²) in [4.78, 5) is 12.0. The zero-order valence-electron chi connectivity index (χ0n) is 13.5. The third-order valence-corrected chi connectivity index (χ3v) is 3.51. The molecule has 2 rings (SSSR count). The Bertz CT molecular complexity index is 776. The van der Waals surface area contributed by atoms with Crippen LogP contribution < -0.4 is 16.0 Å². The molecule has 1 amide bonds. The first-order valence-electron chi connectivity index (χ1n) is 7.42.